The molecule has 0 saturated heterocycles. The van der Waals surface area contributed by atoms with Crippen LogP contribution < -0.4 is 0 Å². The van der Waals surface area contributed by atoms with Gasteiger partial charge < -0.3 is 0 Å². The summed E-state index contributed by atoms with van der Waals surface area (Å²) in [6, 6.07) is 0. The minimum atomic E-state index is 0.410. The van der Waals surface area contributed by atoms with Gasteiger partial charge in [0.2, 0.25) is 0 Å². The molecule has 0 radical (unpaired) electrons. The lowest BCUT2D eigenvalue weighted by Crippen LogP contribution is -2.28. The first kappa shape index (κ1) is 12.8. The standard InChI is InChI=1S/C15H28/c1-10(2)9-15(6,7)13(5)12(4)14-8-11(14)3/h11-14H,1,8-9H2,2-7H3. The highest BCUT2D eigenvalue weighted by Gasteiger charge is 2.42. The molecule has 88 valence electrons. The van der Waals surface area contributed by atoms with Crippen LogP contribution in [0.3, 0.4) is 0 Å². The van der Waals surface area contributed by atoms with Gasteiger partial charge in [-0.1, -0.05) is 40.2 Å². The van der Waals surface area contributed by atoms with Gasteiger partial charge in [-0.05, 0) is 48.9 Å². The smallest absolute Gasteiger partial charge is 0.0271 e. The lowest BCUT2D eigenvalue weighted by Gasteiger charge is -2.36. The molecule has 0 heteroatoms. The van der Waals surface area contributed by atoms with Gasteiger partial charge >= 0.3 is 0 Å². The Hall–Kier alpha value is -0.260. The second kappa shape index (κ2) is 4.31. The Morgan fingerprint density at radius 3 is 2.20 bits per heavy atom. The zero-order valence-electron chi connectivity index (χ0n) is 11.4. The summed E-state index contributed by atoms with van der Waals surface area (Å²) in [5.41, 5.74) is 1.73. The third-order valence-electron chi connectivity index (χ3n) is 4.63. The van der Waals surface area contributed by atoms with Crippen molar-refractivity contribution < 1.29 is 0 Å². The molecule has 1 aliphatic rings. The quantitative estimate of drug-likeness (QED) is 0.563. The average Bonchev–Trinajstić information content (AvgIpc) is 2.77. The van der Waals surface area contributed by atoms with Crippen LogP contribution in [0.2, 0.25) is 0 Å². The van der Waals surface area contributed by atoms with Crippen molar-refractivity contribution in [1.82, 2.24) is 0 Å². The van der Waals surface area contributed by atoms with Crippen LogP contribution in [0, 0.1) is 29.1 Å². The van der Waals surface area contributed by atoms with Gasteiger partial charge in [-0.25, -0.2) is 0 Å². The summed E-state index contributed by atoms with van der Waals surface area (Å²) in [5.74, 6) is 3.63. The predicted molar refractivity (Wildman–Crippen MR) is 68.8 cm³/mol. The summed E-state index contributed by atoms with van der Waals surface area (Å²) >= 11 is 0. The molecule has 0 aromatic heterocycles. The Balaban J connectivity index is 2.57. The van der Waals surface area contributed by atoms with Gasteiger partial charge in [-0.2, -0.15) is 0 Å². The van der Waals surface area contributed by atoms with E-state index in [1.807, 2.05) is 0 Å². The van der Waals surface area contributed by atoms with Gasteiger partial charge in [0.15, 0.2) is 0 Å². The van der Waals surface area contributed by atoms with Crippen molar-refractivity contribution in [2.75, 3.05) is 0 Å². The SMILES string of the molecule is C=C(C)CC(C)(C)C(C)C(C)C1CC1C. The summed E-state index contributed by atoms with van der Waals surface area (Å²) in [5, 5.41) is 0. The van der Waals surface area contributed by atoms with Crippen molar-refractivity contribution in [1.29, 1.82) is 0 Å². The molecule has 0 amide bonds. The Labute approximate surface area is 96.2 Å². The highest BCUT2D eigenvalue weighted by atomic mass is 14.5. The van der Waals surface area contributed by atoms with Crippen molar-refractivity contribution in [2.45, 2.75) is 54.4 Å². The molecule has 0 spiro atoms. The predicted octanol–water partition coefficient (Wildman–Crippen LogP) is 4.91. The molecule has 0 aromatic carbocycles. The van der Waals surface area contributed by atoms with E-state index in [4.69, 9.17) is 0 Å². The van der Waals surface area contributed by atoms with Crippen molar-refractivity contribution in [3.63, 3.8) is 0 Å². The molecule has 1 saturated carbocycles. The van der Waals surface area contributed by atoms with Crippen molar-refractivity contribution >= 4 is 0 Å². The van der Waals surface area contributed by atoms with E-state index in [1.165, 1.54) is 18.4 Å². The van der Waals surface area contributed by atoms with E-state index in [0.29, 0.717) is 5.41 Å². The maximum atomic E-state index is 4.06. The zero-order valence-corrected chi connectivity index (χ0v) is 11.4. The molecule has 0 aliphatic heterocycles. The average molecular weight is 208 g/mol. The number of rotatable bonds is 5. The molecule has 1 aliphatic carbocycles. The van der Waals surface area contributed by atoms with Crippen LogP contribution in [0.25, 0.3) is 0 Å². The fourth-order valence-electron chi connectivity index (χ4n) is 3.10. The Morgan fingerprint density at radius 1 is 1.40 bits per heavy atom. The number of hydrogen-bond acceptors (Lipinski definition) is 0. The molecule has 4 atom stereocenters. The van der Waals surface area contributed by atoms with Gasteiger partial charge in [0.25, 0.3) is 0 Å². The third-order valence-corrected chi connectivity index (χ3v) is 4.63. The van der Waals surface area contributed by atoms with Crippen LogP contribution in [0.4, 0.5) is 0 Å². The molecule has 0 bridgehead atoms. The summed E-state index contributed by atoms with van der Waals surface area (Å²) in [7, 11) is 0. The maximum Gasteiger partial charge on any atom is -0.0271 e. The first-order chi connectivity index (χ1) is 6.75. The first-order valence-corrected chi connectivity index (χ1v) is 6.40. The molecular weight excluding hydrogens is 180 g/mol. The summed E-state index contributed by atoms with van der Waals surface area (Å²) in [6.07, 6.45) is 2.62. The highest BCUT2D eigenvalue weighted by Crippen LogP contribution is 2.50. The number of allylic oxidation sites excluding steroid dienone is 1. The molecule has 0 nitrogen and oxygen atoms in total. The lowest BCUT2D eigenvalue weighted by molar-refractivity contribution is 0.147. The van der Waals surface area contributed by atoms with Gasteiger partial charge in [0, 0.05) is 0 Å². The van der Waals surface area contributed by atoms with E-state index in [-0.39, 0.29) is 0 Å². The van der Waals surface area contributed by atoms with Crippen LogP contribution in [0.5, 0.6) is 0 Å². The van der Waals surface area contributed by atoms with E-state index in [1.54, 1.807) is 0 Å². The van der Waals surface area contributed by atoms with Gasteiger partial charge in [0.05, 0.1) is 0 Å². The molecule has 1 rings (SSSR count). The molecule has 1 fully saturated rings. The highest BCUT2D eigenvalue weighted by molar-refractivity contribution is 4.98. The molecule has 0 aromatic rings. The Bertz CT molecular complexity index is 236. The minimum Gasteiger partial charge on any atom is -0.100 e. The third kappa shape index (κ3) is 3.09. The fourth-order valence-corrected chi connectivity index (χ4v) is 3.10. The van der Waals surface area contributed by atoms with Crippen molar-refractivity contribution in [3.8, 4) is 0 Å². The Morgan fingerprint density at radius 2 is 1.87 bits per heavy atom. The van der Waals surface area contributed by atoms with Crippen molar-refractivity contribution in [3.05, 3.63) is 12.2 Å². The minimum absolute atomic E-state index is 0.410. The largest absolute Gasteiger partial charge is 0.100 e. The summed E-state index contributed by atoms with van der Waals surface area (Å²) in [4.78, 5) is 0. The zero-order chi connectivity index (χ0) is 11.8. The molecule has 0 N–H and O–H groups in total. The van der Waals surface area contributed by atoms with E-state index in [9.17, 15) is 0 Å². The lowest BCUT2D eigenvalue weighted by atomic mass is 9.69. The second-order valence-electron chi connectivity index (χ2n) is 6.65. The fraction of sp³-hybridized carbons (Fsp3) is 0.867. The van der Waals surface area contributed by atoms with Gasteiger partial charge in [-0.3, -0.25) is 0 Å². The number of hydrogen-bond donors (Lipinski definition) is 0. The summed E-state index contributed by atoms with van der Waals surface area (Å²) in [6.45, 7) is 18.3. The van der Waals surface area contributed by atoms with Crippen LogP contribution >= 0.6 is 0 Å². The van der Waals surface area contributed by atoms with Crippen LogP contribution in [0.15, 0.2) is 12.2 Å². The van der Waals surface area contributed by atoms with Crippen molar-refractivity contribution in [2.24, 2.45) is 29.1 Å². The first-order valence-electron chi connectivity index (χ1n) is 6.40. The molecule has 15 heavy (non-hydrogen) atoms. The molecule has 4 unspecified atom stereocenters. The summed E-state index contributed by atoms with van der Waals surface area (Å²) < 4.78 is 0. The second-order valence-corrected chi connectivity index (χ2v) is 6.65. The van der Waals surface area contributed by atoms with E-state index < -0.39 is 0 Å². The topological polar surface area (TPSA) is 0 Å². The normalized spacial score (nSPS) is 29.7. The van der Waals surface area contributed by atoms with Gasteiger partial charge in [-0.15, -0.1) is 6.58 Å². The van der Waals surface area contributed by atoms with Crippen LogP contribution in [-0.4, -0.2) is 0 Å². The van der Waals surface area contributed by atoms with Crippen LogP contribution in [-0.2, 0) is 0 Å². The monoisotopic (exact) mass is 208 g/mol. The Kier molecular flexibility index (Phi) is 3.68. The van der Waals surface area contributed by atoms with Crippen LogP contribution in [0.1, 0.15) is 54.4 Å². The maximum absolute atomic E-state index is 4.06. The van der Waals surface area contributed by atoms with E-state index in [2.05, 4.69) is 48.1 Å². The molecule has 0 heterocycles. The van der Waals surface area contributed by atoms with E-state index >= 15 is 0 Å². The van der Waals surface area contributed by atoms with Gasteiger partial charge in [0.1, 0.15) is 0 Å². The molecular formula is C15H28. The van der Waals surface area contributed by atoms with E-state index in [0.717, 1.165) is 23.7 Å².